The van der Waals surface area contributed by atoms with Crippen molar-refractivity contribution in [3.05, 3.63) is 81.1 Å². The molecule has 0 amide bonds. The lowest BCUT2D eigenvalue weighted by Gasteiger charge is -2.34. The zero-order valence-electron chi connectivity index (χ0n) is 18.4. The molecular weight excluding hydrogens is 464 g/mol. The summed E-state index contributed by atoms with van der Waals surface area (Å²) in [5, 5.41) is 0.459. The molecular formula is C24H20ClF2N5O2. The summed E-state index contributed by atoms with van der Waals surface area (Å²) < 4.78 is 35.9. The van der Waals surface area contributed by atoms with Gasteiger partial charge in [0.25, 0.3) is 5.56 Å². The van der Waals surface area contributed by atoms with Crippen LogP contribution >= 0.6 is 11.6 Å². The second kappa shape index (κ2) is 8.73. The molecule has 34 heavy (non-hydrogen) atoms. The summed E-state index contributed by atoms with van der Waals surface area (Å²) in [6, 6.07) is 7.34. The Morgan fingerprint density at radius 1 is 1.15 bits per heavy atom. The van der Waals surface area contributed by atoms with Gasteiger partial charge in [-0.05, 0) is 31.2 Å². The molecule has 0 radical (unpaired) electrons. The van der Waals surface area contributed by atoms with E-state index in [1.807, 2.05) is 4.90 Å². The van der Waals surface area contributed by atoms with E-state index in [4.69, 9.17) is 21.3 Å². The van der Waals surface area contributed by atoms with Gasteiger partial charge in [0, 0.05) is 48.5 Å². The first kappa shape index (κ1) is 22.4. The maximum absolute atomic E-state index is 14.9. The summed E-state index contributed by atoms with van der Waals surface area (Å²) >= 11 is 5.95. The fourth-order valence-corrected chi connectivity index (χ4v) is 4.24. The number of benzene rings is 1. The highest BCUT2D eigenvalue weighted by Crippen LogP contribution is 2.32. The van der Waals surface area contributed by atoms with Gasteiger partial charge in [-0.15, -0.1) is 0 Å². The first-order valence-electron chi connectivity index (χ1n) is 10.6. The van der Waals surface area contributed by atoms with Gasteiger partial charge in [0.2, 0.25) is 0 Å². The van der Waals surface area contributed by atoms with Crippen molar-refractivity contribution >= 4 is 28.3 Å². The largest absolute Gasteiger partial charge is 0.370 e. The number of aromatic nitrogens is 4. The van der Waals surface area contributed by atoms with Crippen LogP contribution in [0.25, 0.3) is 22.2 Å². The molecule has 1 aromatic carbocycles. The number of halogens is 3. The summed E-state index contributed by atoms with van der Waals surface area (Å²) in [6.07, 6.45) is 2.27. The van der Waals surface area contributed by atoms with E-state index in [9.17, 15) is 13.6 Å². The van der Waals surface area contributed by atoms with Crippen molar-refractivity contribution in [3.63, 3.8) is 0 Å². The van der Waals surface area contributed by atoms with Crippen LogP contribution in [-0.4, -0.2) is 39.2 Å². The minimum absolute atomic E-state index is 0.151. The average molecular weight is 484 g/mol. The van der Waals surface area contributed by atoms with Crippen LogP contribution in [0, 0.1) is 18.6 Å². The summed E-state index contributed by atoms with van der Waals surface area (Å²) in [6.45, 7) is 2.97. The highest BCUT2D eigenvalue weighted by atomic mass is 35.5. The van der Waals surface area contributed by atoms with Gasteiger partial charge in [-0.1, -0.05) is 11.6 Å². The third-order valence-corrected chi connectivity index (χ3v) is 6.18. The highest BCUT2D eigenvalue weighted by molar-refractivity contribution is 6.30. The molecule has 1 atom stereocenters. The summed E-state index contributed by atoms with van der Waals surface area (Å²) in [4.78, 5) is 28.3. The van der Waals surface area contributed by atoms with Gasteiger partial charge in [0.15, 0.2) is 0 Å². The molecule has 0 N–H and O–H groups in total. The van der Waals surface area contributed by atoms with Gasteiger partial charge < -0.3 is 9.64 Å². The minimum Gasteiger partial charge on any atom is -0.370 e. The number of nitrogens with zero attached hydrogens (tertiary/aromatic N) is 5. The molecule has 1 fully saturated rings. The fourth-order valence-electron chi connectivity index (χ4n) is 4.08. The second-order valence-corrected chi connectivity index (χ2v) is 8.55. The summed E-state index contributed by atoms with van der Waals surface area (Å²) in [5.74, 6) is -0.0117. The predicted molar refractivity (Wildman–Crippen MR) is 125 cm³/mol. The van der Waals surface area contributed by atoms with E-state index in [1.165, 1.54) is 22.8 Å². The Balaban J connectivity index is 1.66. The van der Waals surface area contributed by atoms with E-state index in [1.54, 1.807) is 32.3 Å². The molecule has 1 aliphatic rings. The molecule has 1 saturated heterocycles. The van der Waals surface area contributed by atoms with Crippen LogP contribution in [0.5, 0.6) is 0 Å². The smallest absolute Gasteiger partial charge is 0.263 e. The number of rotatable bonds is 3. The standard InChI is InChI=1S/C24H20ClF2N5O2/c1-13-29-19-9-21(32-5-6-34-20(12-32)14-7-16(26)11-28-10-14)30-23(22(19)24(33)31(13)2)17-4-3-15(25)8-18(17)27/h3-4,7-11,20H,5-6,12H2,1-2H3/t20-/m0/s1. The van der Waals surface area contributed by atoms with Gasteiger partial charge in [0.05, 0.1) is 29.4 Å². The van der Waals surface area contributed by atoms with Crippen molar-refractivity contribution < 1.29 is 13.5 Å². The van der Waals surface area contributed by atoms with Crippen molar-refractivity contribution in [2.24, 2.45) is 7.05 Å². The first-order valence-corrected chi connectivity index (χ1v) is 11.0. The Labute approximate surface area is 198 Å². The molecule has 0 aliphatic carbocycles. The summed E-state index contributed by atoms with van der Waals surface area (Å²) in [7, 11) is 1.61. The molecule has 4 aromatic rings. The number of anilines is 1. The number of aryl methyl sites for hydroxylation is 1. The lowest BCUT2D eigenvalue weighted by Crippen LogP contribution is -2.39. The van der Waals surface area contributed by atoms with Gasteiger partial charge >= 0.3 is 0 Å². The molecule has 5 rings (SSSR count). The van der Waals surface area contributed by atoms with Crippen LogP contribution in [0.4, 0.5) is 14.6 Å². The summed E-state index contributed by atoms with van der Waals surface area (Å²) in [5.41, 5.74) is 1.03. The number of pyridine rings is 2. The van der Waals surface area contributed by atoms with Crippen LogP contribution in [-0.2, 0) is 11.8 Å². The van der Waals surface area contributed by atoms with Gasteiger partial charge in [0.1, 0.15) is 29.4 Å². The quantitative estimate of drug-likeness (QED) is 0.434. The second-order valence-electron chi connectivity index (χ2n) is 8.11. The predicted octanol–water partition coefficient (Wildman–Crippen LogP) is 4.21. The lowest BCUT2D eigenvalue weighted by molar-refractivity contribution is 0.0391. The van der Waals surface area contributed by atoms with E-state index in [-0.39, 0.29) is 27.2 Å². The Kier molecular flexibility index (Phi) is 5.75. The molecule has 174 valence electrons. The van der Waals surface area contributed by atoms with Crippen molar-refractivity contribution in [3.8, 4) is 11.3 Å². The van der Waals surface area contributed by atoms with Crippen LogP contribution in [0.1, 0.15) is 17.5 Å². The first-order chi connectivity index (χ1) is 16.3. The Morgan fingerprint density at radius 3 is 2.74 bits per heavy atom. The molecule has 10 heteroatoms. The van der Waals surface area contributed by atoms with Crippen molar-refractivity contribution in [2.45, 2.75) is 13.0 Å². The zero-order valence-corrected chi connectivity index (χ0v) is 19.2. The SMILES string of the molecule is Cc1nc2cc(N3CCO[C@H](c4cncc(F)c4)C3)nc(-c3ccc(Cl)cc3F)c2c(=O)n1C. The van der Waals surface area contributed by atoms with Gasteiger partial charge in [-0.25, -0.2) is 18.7 Å². The topological polar surface area (TPSA) is 73.1 Å². The lowest BCUT2D eigenvalue weighted by atomic mass is 10.1. The van der Waals surface area contributed by atoms with E-state index < -0.39 is 17.7 Å². The number of fused-ring (bicyclic) bond motifs is 1. The zero-order chi connectivity index (χ0) is 24.0. The van der Waals surface area contributed by atoms with E-state index in [0.717, 1.165) is 6.20 Å². The average Bonchev–Trinajstić information content (AvgIpc) is 2.82. The monoisotopic (exact) mass is 483 g/mol. The third-order valence-electron chi connectivity index (χ3n) is 5.95. The number of hydrogen-bond donors (Lipinski definition) is 0. The van der Waals surface area contributed by atoms with Crippen LogP contribution in [0.3, 0.4) is 0 Å². The number of morpholine rings is 1. The Bertz CT molecular complexity index is 1480. The maximum Gasteiger partial charge on any atom is 0.263 e. The number of hydrogen-bond acceptors (Lipinski definition) is 6. The van der Waals surface area contributed by atoms with Crippen LogP contribution < -0.4 is 10.5 Å². The molecule has 0 unspecified atom stereocenters. The maximum atomic E-state index is 14.9. The Hall–Kier alpha value is -3.43. The van der Waals surface area contributed by atoms with E-state index in [2.05, 4.69) is 9.97 Å². The molecule has 0 spiro atoms. The van der Waals surface area contributed by atoms with Crippen LogP contribution in [0.2, 0.25) is 5.02 Å². The van der Waals surface area contributed by atoms with Crippen molar-refractivity contribution in [1.29, 1.82) is 0 Å². The molecule has 7 nitrogen and oxygen atoms in total. The van der Waals surface area contributed by atoms with Crippen LogP contribution in [0.15, 0.2) is 47.5 Å². The Morgan fingerprint density at radius 2 is 1.97 bits per heavy atom. The molecule has 3 aromatic heterocycles. The fraction of sp³-hybridized carbons (Fsp3) is 0.250. The van der Waals surface area contributed by atoms with Crippen molar-refractivity contribution in [2.75, 3.05) is 24.6 Å². The number of ether oxygens (including phenoxy) is 1. The molecule has 0 bridgehead atoms. The molecule has 0 saturated carbocycles. The van der Waals surface area contributed by atoms with Gasteiger partial charge in [-0.2, -0.15) is 0 Å². The third kappa shape index (κ3) is 4.01. The van der Waals surface area contributed by atoms with Gasteiger partial charge in [-0.3, -0.25) is 14.3 Å². The van der Waals surface area contributed by atoms with E-state index >= 15 is 0 Å². The molecule has 4 heterocycles. The van der Waals surface area contributed by atoms with Crippen molar-refractivity contribution in [1.82, 2.24) is 19.5 Å². The highest BCUT2D eigenvalue weighted by Gasteiger charge is 2.26. The normalized spacial score (nSPS) is 16.3. The van der Waals surface area contributed by atoms with E-state index in [0.29, 0.717) is 42.4 Å². The molecule has 1 aliphatic heterocycles. The minimum atomic E-state index is -0.591.